The highest BCUT2D eigenvalue weighted by molar-refractivity contribution is 6.34. The van der Waals surface area contributed by atoms with Crippen LogP contribution in [-0.2, 0) is 0 Å². The molecule has 14 aromatic rings. The predicted molar refractivity (Wildman–Crippen MR) is 327 cm³/mol. The third kappa shape index (κ3) is 6.26. The average Bonchev–Trinajstić information content (AvgIpc) is 4.18. The number of fused-ring (bicyclic) bond motifs is 14. The molecule has 0 aromatic heterocycles. The lowest BCUT2D eigenvalue weighted by atomic mass is 9.86. The molecule has 0 saturated carbocycles. The van der Waals surface area contributed by atoms with E-state index in [4.69, 9.17) is 11.6 Å². The van der Waals surface area contributed by atoms with Gasteiger partial charge in [0, 0.05) is 5.02 Å². The van der Waals surface area contributed by atoms with E-state index in [1.165, 1.54) is 181 Å². The maximum Gasteiger partial charge on any atom is 0.0415 e. The van der Waals surface area contributed by atoms with Crippen LogP contribution in [0.15, 0.2) is 231 Å². The Morgan fingerprint density at radius 2 is 0.684 bits per heavy atom. The van der Waals surface area contributed by atoms with Gasteiger partial charge in [0.2, 0.25) is 0 Å². The molecule has 1 heteroatoms. The van der Waals surface area contributed by atoms with Crippen molar-refractivity contribution in [3.05, 3.63) is 252 Å². The smallest absolute Gasteiger partial charge is 0.0415 e. The van der Waals surface area contributed by atoms with Crippen molar-refractivity contribution in [1.29, 1.82) is 0 Å². The third-order valence-corrected chi connectivity index (χ3v) is 17.3. The second kappa shape index (κ2) is 16.2. The molecule has 0 radical (unpaired) electrons. The SMILES string of the molecule is Cc1ccc2c(c1)c(-c1ccc(-c3ccc(-c4cc5c6ccc(-c7ccccc7)c7c6c(cc5c5ccc(-c6ccccc6)cc45)-c4ccccc4-7)cc3)cc1)cc1c3ccc(C)c4c3c(cc21)-c1cc(Cl)cc(C)c1-4. The van der Waals surface area contributed by atoms with Crippen LogP contribution >= 0.6 is 11.6 Å². The number of rotatable bonds is 5. The molecule has 0 spiro atoms. The van der Waals surface area contributed by atoms with Gasteiger partial charge >= 0.3 is 0 Å². The summed E-state index contributed by atoms with van der Waals surface area (Å²) in [7, 11) is 0. The Hall–Kier alpha value is -9.07. The van der Waals surface area contributed by atoms with E-state index < -0.39 is 0 Å². The van der Waals surface area contributed by atoms with E-state index in [0.717, 1.165) is 5.02 Å². The number of halogens is 1. The summed E-state index contributed by atoms with van der Waals surface area (Å²) < 4.78 is 0. The highest BCUT2D eigenvalue weighted by Crippen LogP contribution is 2.56. The molecule has 0 fully saturated rings. The molecule has 2 aliphatic rings. The van der Waals surface area contributed by atoms with E-state index in [0.29, 0.717) is 0 Å². The van der Waals surface area contributed by atoms with E-state index >= 15 is 0 Å². The molecule has 0 saturated heterocycles. The van der Waals surface area contributed by atoms with E-state index in [1.54, 1.807) is 0 Å². The predicted octanol–water partition coefficient (Wildman–Crippen LogP) is 21.8. The van der Waals surface area contributed by atoms with Crippen molar-refractivity contribution >= 4 is 76.2 Å². The lowest BCUT2D eigenvalue weighted by Crippen LogP contribution is -1.90. The van der Waals surface area contributed by atoms with E-state index in [-0.39, 0.29) is 0 Å². The topological polar surface area (TPSA) is 0 Å². The lowest BCUT2D eigenvalue weighted by Gasteiger charge is -2.17. The van der Waals surface area contributed by atoms with Gasteiger partial charge in [-0.05, 0) is 239 Å². The second-order valence-corrected chi connectivity index (χ2v) is 21.8. The van der Waals surface area contributed by atoms with Crippen LogP contribution in [0.2, 0.25) is 5.02 Å². The summed E-state index contributed by atoms with van der Waals surface area (Å²) in [5.41, 5.74) is 26.4. The zero-order chi connectivity index (χ0) is 50.5. The molecule has 2 aliphatic carbocycles. The number of hydrogen-bond acceptors (Lipinski definition) is 0. The van der Waals surface area contributed by atoms with Gasteiger partial charge in [0.05, 0.1) is 0 Å². The summed E-state index contributed by atoms with van der Waals surface area (Å²) >= 11 is 6.76. The Morgan fingerprint density at radius 1 is 0.224 bits per heavy atom. The van der Waals surface area contributed by atoms with Crippen LogP contribution < -0.4 is 0 Å². The summed E-state index contributed by atoms with van der Waals surface area (Å²) in [5, 5.41) is 16.2. The summed E-state index contributed by atoms with van der Waals surface area (Å²) in [5.74, 6) is 0. The van der Waals surface area contributed by atoms with Crippen LogP contribution in [0, 0.1) is 20.8 Å². The molecule has 354 valence electrons. The average molecular weight is 984 g/mol. The fourth-order valence-electron chi connectivity index (χ4n) is 13.6. The molecule has 76 heavy (non-hydrogen) atoms. The van der Waals surface area contributed by atoms with Gasteiger partial charge in [0.25, 0.3) is 0 Å². The molecule has 0 unspecified atom stereocenters. The van der Waals surface area contributed by atoms with E-state index in [9.17, 15) is 0 Å². The van der Waals surface area contributed by atoms with Crippen molar-refractivity contribution in [2.75, 3.05) is 0 Å². The molecule has 14 aromatic carbocycles. The molecule has 0 N–H and O–H groups in total. The molecular weight excluding hydrogens is 936 g/mol. The van der Waals surface area contributed by atoms with Crippen molar-refractivity contribution in [2.24, 2.45) is 0 Å². The molecule has 0 atom stereocenters. The molecule has 0 aliphatic heterocycles. The van der Waals surface area contributed by atoms with E-state index in [2.05, 4.69) is 251 Å². The summed E-state index contributed by atoms with van der Waals surface area (Å²) in [6.07, 6.45) is 0. The minimum absolute atomic E-state index is 0.785. The van der Waals surface area contributed by atoms with Gasteiger partial charge in [-0.2, -0.15) is 0 Å². The molecule has 0 heterocycles. The van der Waals surface area contributed by atoms with Crippen molar-refractivity contribution in [1.82, 2.24) is 0 Å². The van der Waals surface area contributed by atoms with Crippen LogP contribution in [0.3, 0.4) is 0 Å². The highest BCUT2D eigenvalue weighted by atomic mass is 35.5. The quantitative estimate of drug-likeness (QED) is 0.151. The second-order valence-electron chi connectivity index (χ2n) is 21.4. The molecule has 0 amide bonds. The maximum atomic E-state index is 6.76. The third-order valence-electron chi connectivity index (χ3n) is 17.1. The van der Waals surface area contributed by atoms with Crippen LogP contribution in [-0.4, -0.2) is 0 Å². The highest BCUT2D eigenvalue weighted by Gasteiger charge is 2.29. The monoisotopic (exact) mass is 982 g/mol. The number of benzene rings is 14. The van der Waals surface area contributed by atoms with Gasteiger partial charge in [-0.25, -0.2) is 0 Å². The Bertz CT molecular complexity index is 4850. The van der Waals surface area contributed by atoms with Crippen molar-refractivity contribution in [3.63, 3.8) is 0 Å². The van der Waals surface area contributed by atoms with E-state index in [1.807, 2.05) is 0 Å². The normalized spacial score (nSPS) is 12.2. The first-order valence-corrected chi connectivity index (χ1v) is 26.9. The fourth-order valence-corrected chi connectivity index (χ4v) is 13.9. The van der Waals surface area contributed by atoms with Crippen LogP contribution in [0.25, 0.3) is 165 Å². The zero-order valence-electron chi connectivity index (χ0n) is 42.3. The Kier molecular flexibility index (Phi) is 9.25. The molecule has 0 bridgehead atoms. The van der Waals surface area contributed by atoms with Gasteiger partial charge in [0.15, 0.2) is 0 Å². The molecular formula is C75H47Cl. The summed E-state index contributed by atoms with van der Waals surface area (Å²) in [4.78, 5) is 0. The van der Waals surface area contributed by atoms with Gasteiger partial charge in [0.1, 0.15) is 0 Å². The van der Waals surface area contributed by atoms with Crippen LogP contribution in [0.1, 0.15) is 16.7 Å². The number of aryl methyl sites for hydroxylation is 3. The Balaban J connectivity index is 0.834. The zero-order valence-corrected chi connectivity index (χ0v) is 43.1. The number of hydrogen-bond donors (Lipinski definition) is 0. The van der Waals surface area contributed by atoms with Crippen LogP contribution in [0.4, 0.5) is 0 Å². The van der Waals surface area contributed by atoms with Crippen molar-refractivity contribution < 1.29 is 0 Å². The van der Waals surface area contributed by atoms with Gasteiger partial charge < -0.3 is 0 Å². The van der Waals surface area contributed by atoms with Gasteiger partial charge in [-0.1, -0.05) is 205 Å². The Labute approximate surface area is 446 Å². The first-order chi connectivity index (χ1) is 37.3. The largest absolute Gasteiger partial charge is 0.0843 e. The molecule has 16 rings (SSSR count). The minimum atomic E-state index is 0.785. The van der Waals surface area contributed by atoms with Crippen molar-refractivity contribution in [2.45, 2.75) is 20.8 Å². The van der Waals surface area contributed by atoms with Gasteiger partial charge in [-0.15, -0.1) is 0 Å². The lowest BCUT2D eigenvalue weighted by molar-refractivity contribution is 1.45. The van der Waals surface area contributed by atoms with Crippen molar-refractivity contribution in [3.8, 4) is 100 Å². The Morgan fingerprint density at radius 3 is 1.34 bits per heavy atom. The first kappa shape index (κ1) is 43.3. The summed E-state index contributed by atoms with van der Waals surface area (Å²) in [6.45, 7) is 6.64. The first-order valence-electron chi connectivity index (χ1n) is 26.5. The standard InChI is InChI=1S/C75H47Cl/c1-42-18-29-55-62(34-42)60(38-66-58-30-19-43(2)72-71-44(3)35-52(76)37-68(71)70(74(58)72)41-65(55)66)49-24-20-46(21-25-49)47-22-26-50(27-23-47)61-39-67-59-33-32-53(48-14-8-5-9-15-48)73-57-17-11-10-16-54(57)69(75(59)73)40-64(67)56-31-28-51(36-63(56)61)45-12-6-4-7-13-45/h4-41H,1-3H3. The molecule has 0 nitrogen and oxygen atoms in total. The van der Waals surface area contributed by atoms with Gasteiger partial charge in [-0.3, -0.25) is 0 Å². The summed E-state index contributed by atoms with van der Waals surface area (Å²) in [6, 6.07) is 86.7. The van der Waals surface area contributed by atoms with Crippen LogP contribution in [0.5, 0.6) is 0 Å². The fraction of sp³-hybridized carbons (Fsp3) is 0.0400. The maximum absolute atomic E-state index is 6.76. The minimum Gasteiger partial charge on any atom is -0.0843 e.